The molecule has 0 spiro atoms. The summed E-state index contributed by atoms with van der Waals surface area (Å²) < 4.78 is 76.1. The van der Waals surface area contributed by atoms with E-state index in [1.165, 1.54) is 30.3 Å². The summed E-state index contributed by atoms with van der Waals surface area (Å²) >= 11 is 0. The highest BCUT2D eigenvalue weighted by Crippen LogP contribution is 2.20. The normalized spacial score (nSPS) is 11.5. The third-order valence-electron chi connectivity index (χ3n) is 3.25. The summed E-state index contributed by atoms with van der Waals surface area (Å²) in [6.07, 6.45) is -0.148. The molecule has 11 heteroatoms. The standard InChI is InChI=1S/C16H14F4N2O4S/c17-15(18)26-12-3-1-2-10(8-12)9-14(23)22-21-11-4-6-13(7-5-11)27(24,25)16(19)20/h1-8,15-16,21H,9H2,(H,22,23). The smallest absolute Gasteiger partial charge is 0.387 e. The van der Waals surface area contributed by atoms with E-state index in [0.29, 0.717) is 5.56 Å². The molecule has 0 aliphatic carbocycles. The van der Waals surface area contributed by atoms with Crippen LogP contribution in [0.2, 0.25) is 0 Å². The first-order valence-electron chi connectivity index (χ1n) is 7.39. The Kier molecular flexibility index (Phi) is 6.61. The van der Waals surface area contributed by atoms with Gasteiger partial charge in [-0.05, 0) is 42.0 Å². The summed E-state index contributed by atoms with van der Waals surface area (Å²) in [6, 6.07) is 9.95. The van der Waals surface area contributed by atoms with Crippen molar-refractivity contribution in [1.82, 2.24) is 5.43 Å². The zero-order valence-electron chi connectivity index (χ0n) is 13.5. The maximum atomic E-state index is 12.4. The van der Waals surface area contributed by atoms with E-state index in [9.17, 15) is 30.8 Å². The summed E-state index contributed by atoms with van der Waals surface area (Å²) in [5.74, 6) is -4.13. The fourth-order valence-corrected chi connectivity index (χ4v) is 2.76. The summed E-state index contributed by atoms with van der Waals surface area (Å²) in [6.45, 7) is -2.98. The van der Waals surface area contributed by atoms with E-state index >= 15 is 0 Å². The number of hydrogen-bond acceptors (Lipinski definition) is 5. The van der Waals surface area contributed by atoms with Crippen molar-refractivity contribution in [3.05, 3.63) is 54.1 Å². The number of hydrogen-bond donors (Lipinski definition) is 2. The lowest BCUT2D eigenvalue weighted by Crippen LogP contribution is -2.30. The molecule has 0 aliphatic rings. The molecule has 0 heterocycles. The lowest BCUT2D eigenvalue weighted by Gasteiger charge is -2.10. The van der Waals surface area contributed by atoms with Gasteiger partial charge in [0.2, 0.25) is 15.7 Å². The quantitative estimate of drug-likeness (QED) is 0.520. The molecule has 0 bridgehead atoms. The van der Waals surface area contributed by atoms with Crippen LogP contribution < -0.4 is 15.6 Å². The van der Waals surface area contributed by atoms with E-state index in [2.05, 4.69) is 15.6 Å². The fourth-order valence-electron chi connectivity index (χ4n) is 2.03. The summed E-state index contributed by atoms with van der Waals surface area (Å²) in [7, 11) is -4.69. The Hall–Kier alpha value is -2.82. The molecule has 0 aliphatic heterocycles. The van der Waals surface area contributed by atoms with E-state index in [1.807, 2.05) is 0 Å². The van der Waals surface area contributed by atoms with Crippen LogP contribution >= 0.6 is 0 Å². The number of ether oxygens (including phenoxy) is 1. The van der Waals surface area contributed by atoms with Crippen LogP contribution in [0.3, 0.4) is 0 Å². The molecule has 2 aromatic carbocycles. The largest absolute Gasteiger partial charge is 0.435 e. The molecule has 2 N–H and O–H groups in total. The Morgan fingerprint density at radius 1 is 1.04 bits per heavy atom. The van der Waals surface area contributed by atoms with Gasteiger partial charge in [-0.3, -0.25) is 15.6 Å². The molecule has 27 heavy (non-hydrogen) atoms. The third kappa shape index (κ3) is 5.84. The average Bonchev–Trinajstić information content (AvgIpc) is 2.60. The summed E-state index contributed by atoms with van der Waals surface area (Å²) in [5.41, 5.74) is 5.48. The van der Waals surface area contributed by atoms with Gasteiger partial charge < -0.3 is 4.74 Å². The SMILES string of the molecule is O=C(Cc1cccc(OC(F)F)c1)NNc1ccc(S(=O)(=O)C(F)F)cc1. The minimum absolute atomic E-state index is 0.0842. The molecule has 0 fully saturated rings. The number of alkyl halides is 4. The predicted octanol–water partition coefficient (Wildman–Crippen LogP) is 2.97. The topological polar surface area (TPSA) is 84.5 Å². The number of hydrazine groups is 1. The highest BCUT2D eigenvalue weighted by Gasteiger charge is 2.26. The fraction of sp³-hybridized carbons (Fsp3) is 0.188. The zero-order valence-corrected chi connectivity index (χ0v) is 14.4. The van der Waals surface area contributed by atoms with E-state index in [0.717, 1.165) is 12.1 Å². The van der Waals surface area contributed by atoms with Crippen LogP contribution in [0.4, 0.5) is 23.2 Å². The maximum Gasteiger partial charge on any atom is 0.387 e. The van der Waals surface area contributed by atoms with Gasteiger partial charge in [0.15, 0.2) is 0 Å². The van der Waals surface area contributed by atoms with Gasteiger partial charge in [0, 0.05) is 0 Å². The molecule has 6 nitrogen and oxygen atoms in total. The van der Waals surface area contributed by atoms with Crippen LogP contribution in [0.15, 0.2) is 53.4 Å². The van der Waals surface area contributed by atoms with Gasteiger partial charge >= 0.3 is 12.4 Å². The Bertz CT molecular complexity index is 890. The third-order valence-corrected chi connectivity index (χ3v) is 4.65. The highest BCUT2D eigenvalue weighted by atomic mass is 32.2. The molecule has 1 amide bonds. The van der Waals surface area contributed by atoms with Crippen LogP contribution in [0.1, 0.15) is 5.56 Å². The van der Waals surface area contributed by atoms with Gasteiger partial charge in [0.25, 0.3) is 0 Å². The van der Waals surface area contributed by atoms with Crippen LogP contribution in [-0.4, -0.2) is 26.7 Å². The summed E-state index contributed by atoms with van der Waals surface area (Å²) in [5, 5.41) is 0. The Labute approximate surface area is 152 Å². The maximum absolute atomic E-state index is 12.4. The molecule has 0 saturated heterocycles. The lowest BCUT2D eigenvalue weighted by molar-refractivity contribution is -0.119. The van der Waals surface area contributed by atoms with Crippen LogP contribution in [0.5, 0.6) is 5.75 Å². The van der Waals surface area contributed by atoms with Crippen LogP contribution in [-0.2, 0) is 21.1 Å². The second kappa shape index (κ2) is 8.71. The highest BCUT2D eigenvalue weighted by molar-refractivity contribution is 7.91. The van der Waals surface area contributed by atoms with Gasteiger partial charge in [-0.15, -0.1) is 0 Å². The van der Waals surface area contributed by atoms with Crippen LogP contribution in [0, 0.1) is 0 Å². The van der Waals surface area contributed by atoms with E-state index in [1.54, 1.807) is 6.07 Å². The number of anilines is 1. The average molecular weight is 406 g/mol. The van der Waals surface area contributed by atoms with Crippen molar-refractivity contribution in [2.75, 3.05) is 5.43 Å². The molecule has 2 rings (SSSR count). The van der Waals surface area contributed by atoms with Crippen molar-refractivity contribution in [1.29, 1.82) is 0 Å². The minimum atomic E-state index is -4.69. The molecule has 0 saturated carbocycles. The van der Waals surface area contributed by atoms with E-state index in [-0.39, 0.29) is 17.9 Å². The van der Waals surface area contributed by atoms with Gasteiger partial charge in [-0.2, -0.15) is 17.6 Å². The number of benzene rings is 2. The van der Waals surface area contributed by atoms with Crippen molar-refractivity contribution in [2.24, 2.45) is 0 Å². The van der Waals surface area contributed by atoms with E-state index in [4.69, 9.17) is 0 Å². The number of carbonyl (C=O) groups is 1. The molecule has 0 aromatic heterocycles. The second-order valence-electron chi connectivity index (χ2n) is 5.21. The number of carbonyl (C=O) groups excluding carboxylic acids is 1. The van der Waals surface area contributed by atoms with Gasteiger partial charge in [-0.1, -0.05) is 12.1 Å². The molecular weight excluding hydrogens is 392 g/mol. The number of rotatable bonds is 8. The Morgan fingerprint density at radius 3 is 2.30 bits per heavy atom. The van der Waals surface area contributed by atoms with Crippen molar-refractivity contribution in [3.8, 4) is 5.75 Å². The minimum Gasteiger partial charge on any atom is -0.435 e. The number of nitrogens with one attached hydrogen (secondary N) is 2. The van der Waals surface area contributed by atoms with Gasteiger partial charge in [-0.25, -0.2) is 8.42 Å². The molecule has 0 atom stereocenters. The van der Waals surface area contributed by atoms with Crippen molar-refractivity contribution >= 4 is 21.4 Å². The molecule has 2 aromatic rings. The molecule has 0 radical (unpaired) electrons. The second-order valence-corrected chi connectivity index (χ2v) is 7.12. The van der Waals surface area contributed by atoms with Gasteiger partial charge in [0.05, 0.1) is 17.0 Å². The van der Waals surface area contributed by atoms with E-state index < -0.39 is 33.0 Å². The summed E-state index contributed by atoms with van der Waals surface area (Å²) in [4.78, 5) is 11.3. The van der Waals surface area contributed by atoms with Crippen LogP contribution in [0.25, 0.3) is 0 Å². The lowest BCUT2D eigenvalue weighted by atomic mass is 10.1. The number of halogens is 4. The van der Waals surface area contributed by atoms with Gasteiger partial charge in [0.1, 0.15) is 5.75 Å². The molecule has 0 unspecified atom stereocenters. The Balaban J connectivity index is 1.92. The van der Waals surface area contributed by atoms with Crippen molar-refractivity contribution < 1.29 is 35.5 Å². The molecular formula is C16H14F4N2O4S. The molecule has 146 valence electrons. The number of amides is 1. The van der Waals surface area contributed by atoms with Crippen molar-refractivity contribution in [3.63, 3.8) is 0 Å². The monoisotopic (exact) mass is 406 g/mol. The first-order chi connectivity index (χ1) is 12.7. The number of sulfone groups is 1. The van der Waals surface area contributed by atoms with Crippen molar-refractivity contribution in [2.45, 2.75) is 23.7 Å². The zero-order chi connectivity index (χ0) is 20.0. The first kappa shape index (κ1) is 20.5. The predicted molar refractivity (Wildman–Crippen MR) is 88.2 cm³/mol. The Morgan fingerprint density at radius 2 is 1.70 bits per heavy atom. The first-order valence-corrected chi connectivity index (χ1v) is 8.94.